The molecule has 0 N–H and O–H groups in total. The molecule has 0 bridgehead atoms. The zero-order valence-corrected chi connectivity index (χ0v) is 16.1. The van der Waals surface area contributed by atoms with Crippen LogP contribution in [0.25, 0.3) is 11.1 Å². The number of hydrogen-bond donors (Lipinski definition) is 0. The first kappa shape index (κ1) is 18.4. The van der Waals surface area contributed by atoms with Crippen LogP contribution in [-0.2, 0) is 9.84 Å². The Balaban J connectivity index is 1.63. The Morgan fingerprint density at radius 3 is 2.25 bits per heavy atom. The van der Waals surface area contributed by atoms with Crippen LogP contribution in [0.15, 0.2) is 71.6 Å². The molecule has 5 nitrogen and oxygen atoms in total. The zero-order chi connectivity index (χ0) is 19.7. The predicted octanol–water partition coefficient (Wildman–Crippen LogP) is 3.92. The fraction of sp³-hybridized carbons (Fsp3) is 0.182. The van der Waals surface area contributed by atoms with E-state index < -0.39 is 9.84 Å². The van der Waals surface area contributed by atoms with Gasteiger partial charge in [0, 0.05) is 11.1 Å². The maximum absolute atomic E-state index is 12.8. The summed E-state index contributed by atoms with van der Waals surface area (Å²) in [6, 6.07) is 19.2. The molecule has 1 aliphatic carbocycles. The Kier molecular flexibility index (Phi) is 4.73. The van der Waals surface area contributed by atoms with E-state index >= 15 is 0 Å². The number of ketones is 1. The second-order valence-corrected chi connectivity index (χ2v) is 8.95. The second-order valence-electron chi connectivity index (χ2n) is 6.72. The summed E-state index contributed by atoms with van der Waals surface area (Å²) < 4.78 is 30.0. The average Bonchev–Trinajstić information content (AvgIpc) is 3.59. The van der Waals surface area contributed by atoms with Gasteiger partial charge in [0.2, 0.25) is 11.7 Å². The Hall–Kier alpha value is -2.99. The lowest BCUT2D eigenvalue weighted by molar-refractivity contribution is 0.103. The Bertz CT molecular complexity index is 1120. The van der Waals surface area contributed by atoms with Crippen molar-refractivity contribution < 1.29 is 17.9 Å². The number of carbonyl (C=O) groups excluding carboxylic acids is 1. The van der Waals surface area contributed by atoms with Crippen LogP contribution < -0.4 is 4.74 Å². The number of benzene rings is 2. The molecule has 28 heavy (non-hydrogen) atoms. The average molecular weight is 393 g/mol. The quantitative estimate of drug-likeness (QED) is 0.594. The van der Waals surface area contributed by atoms with Gasteiger partial charge < -0.3 is 4.74 Å². The maximum atomic E-state index is 12.8. The molecule has 0 unspecified atom stereocenters. The van der Waals surface area contributed by atoms with Crippen molar-refractivity contribution in [2.75, 3.05) is 7.11 Å². The molecule has 1 heterocycles. The van der Waals surface area contributed by atoms with Gasteiger partial charge in [-0.25, -0.2) is 13.4 Å². The summed E-state index contributed by atoms with van der Waals surface area (Å²) in [7, 11) is -1.75. The molecule has 6 heteroatoms. The smallest absolute Gasteiger partial charge is 0.221 e. The lowest BCUT2D eigenvalue weighted by Crippen LogP contribution is -2.09. The van der Waals surface area contributed by atoms with Crippen LogP contribution in [0.1, 0.15) is 28.9 Å². The molecule has 0 aliphatic heterocycles. The number of methoxy groups -OCH3 is 1. The van der Waals surface area contributed by atoms with Gasteiger partial charge in [-0.3, -0.25) is 4.79 Å². The minimum atomic E-state index is -3.27. The summed E-state index contributed by atoms with van der Waals surface area (Å²) in [6.45, 7) is 0. The van der Waals surface area contributed by atoms with Crippen molar-refractivity contribution in [2.45, 2.75) is 23.0 Å². The first-order valence-electron chi connectivity index (χ1n) is 9.00. The molecule has 0 saturated heterocycles. The van der Waals surface area contributed by atoms with Gasteiger partial charge in [-0.1, -0.05) is 30.3 Å². The van der Waals surface area contributed by atoms with E-state index in [0.29, 0.717) is 24.3 Å². The molecule has 1 fully saturated rings. The predicted molar refractivity (Wildman–Crippen MR) is 106 cm³/mol. The fourth-order valence-electron chi connectivity index (χ4n) is 3.07. The SMILES string of the molecule is COc1nc(C(=O)c2ccc(S(=O)(=O)C3CC3)cc2)ccc1-c1ccccc1. The number of rotatable bonds is 6. The number of nitrogens with zero attached hydrogens (tertiary/aromatic N) is 1. The van der Waals surface area contributed by atoms with Crippen molar-refractivity contribution >= 4 is 15.6 Å². The molecule has 0 amide bonds. The van der Waals surface area contributed by atoms with Gasteiger partial charge in [-0.15, -0.1) is 0 Å². The summed E-state index contributed by atoms with van der Waals surface area (Å²) >= 11 is 0. The highest BCUT2D eigenvalue weighted by Crippen LogP contribution is 2.33. The maximum Gasteiger partial charge on any atom is 0.221 e. The summed E-state index contributed by atoms with van der Waals surface area (Å²) in [6.07, 6.45) is 1.42. The molecular weight excluding hydrogens is 374 g/mol. The lowest BCUT2D eigenvalue weighted by Gasteiger charge is -2.10. The van der Waals surface area contributed by atoms with Gasteiger partial charge in [-0.05, 0) is 54.8 Å². The molecule has 0 spiro atoms. The van der Waals surface area contributed by atoms with Gasteiger partial charge in [-0.2, -0.15) is 0 Å². The van der Waals surface area contributed by atoms with E-state index in [2.05, 4.69) is 4.98 Å². The lowest BCUT2D eigenvalue weighted by atomic mass is 10.0. The number of ether oxygens (including phenoxy) is 1. The van der Waals surface area contributed by atoms with Crippen molar-refractivity contribution in [2.24, 2.45) is 0 Å². The molecule has 3 aromatic rings. The Labute approximate surface area is 163 Å². The van der Waals surface area contributed by atoms with Gasteiger partial charge >= 0.3 is 0 Å². The third-order valence-electron chi connectivity index (χ3n) is 4.78. The van der Waals surface area contributed by atoms with Crippen LogP contribution in [0.5, 0.6) is 5.88 Å². The molecule has 2 aromatic carbocycles. The van der Waals surface area contributed by atoms with Crippen molar-refractivity contribution in [1.29, 1.82) is 0 Å². The van der Waals surface area contributed by atoms with E-state index in [1.54, 1.807) is 12.1 Å². The molecular formula is C22H19NO4S. The first-order chi connectivity index (χ1) is 13.5. The fourth-order valence-corrected chi connectivity index (χ4v) is 4.73. The largest absolute Gasteiger partial charge is 0.481 e. The van der Waals surface area contributed by atoms with Crippen LogP contribution in [0, 0.1) is 0 Å². The van der Waals surface area contributed by atoms with E-state index in [0.717, 1.165) is 11.1 Å². The number of pyridine rings is 1. The number of hydrogen-bond acceptors (Lipinski definition) is 5. The van der Waals surface area contributed by atoms with Gasteiger partial charge in [0.05, 0.1) is 17.3 Å². The Morgan fingerprint density at radius 1 is 0.964 bits per heavy atom. The van der Waals surface area contributed by atoms with E-state index in [1.807, 2.05) is 30.3 Å². The van der Waals surface area contributed by atoms with Crippen LogP contribution in [0.3, 0.4) is 0 Å². The molecule has 1 saturated carbocycles. The van der Waals surface area contributed by atoms with Gasteiger partial charge in [0.1, 0.15) is 5.69 Å². The van der Waals surface area contributed by atoms with Crippen LogP contribution in [0.4, 0.5) is 0 Å². The monoisotopic (exact) mass is 393 g/mol. The summed E-state index contributed by atoms with van der Waals surface area (Å²) in [5.74, 6) is 0.0817. The Morgan fingerprint density at radius 2 is 1.64 bits per heavy atom. The van der Waals surface area contributed by atoms with E-state index in [1.165, 1.54) is 31.4 Å². The second kappa shape index (κ2) is 7.20. The molecule has 142 valence electrons. The molecule has 4 rings (SSSR count). The molecule has 0 radical (unpaired) electrons. The zero-order valence-electron chi connectivity index (χ0n) is 15.3. The molecule has 1 aliphatic rings. The third-order valence-corrected chi connectivity index (χ3v) is 7.06. The van der Waals surface area contributed by atoms with Crippen LogP contribution in [-0.4, -0.2) is 31.5 Å². The highest BCUT2D eigenvalue weighted by Gasteiger charge is 2.36. The number of sulfone groups is 1. The first-order valence-corrected chi connectivity index (χ1v) is 10.5. The highest BCUT2D eigenvalue weighted by atomic mass is 32.2. The number of carbonyl (C=O) groups is 1. The van der Waals surface area contributed by atoms with Crippen molar-refractivity contribution in [3.63, 3.8) is 0 Å². The van der Waals surface area contributed by atoms with E-state index in [-0.39, 0.29) is 21.6 Å². The third kappa shape index (κ3) is 3.43. The number of aromatic nitrogens is 1. The van der Waals surface area contributed by atoms with Crippen LogP contribution >= 0.6 is 0 Å². The van der Waals surface area contributed by atoms with E-state index in [9.17, 15) is 13.2 Å². The van der Waals surface area contributed by atoms with Crippen molar-refractivity contribution in [1.82, 2.24) is 4.98 Å². The minimum absolute atomic E-state index is 0.245. The van der Waals surface area contributed by atoms with Gasteiger partial charge in [0.15, 0.2) is 9.84 Å². The van der Waals surface area contributed by atoms with Crippen LogP contribution in [0.2, 0.25) is 0 Å². The van der Waals surface area contributed by atoms with Crippen molar-refractivity contribution in [3.05, 3.63) is 78.0 Å². The highest BCUT2D eigenvalue weighted by molar-refractivity contribution is 7.92. The minimum Gasteiger partial charge on any atom is -0.481 e. The normalized spacial score (nSPS) is 13.9. The summed E-state index contributed by atoms with van der Waals surface area (Å²) in [5.41, 5.74) is 2.37. The summed E-state index contributed by atoms with van der Waals surface area (Å²) in [5, 5.41) is -0.273. The van der Waals surface area contributed by atoms with Gasteiger partial charge in [0.25, 0.3) is 0 Å². The standard InChI is InChI=1S/C22H19NO4S/c1-27-22-19(15-5-3-2-4-6-15)13-14-20(23-22)21(24)16-7-9-17(10-8-16)28(25,26)18-11-12-18/h2-10,13-14,18H,11-12H2,1H3. The topological polar surface area (TPSA) is 73.3 Å². The van der Waals surface area contributed by atoms with Crippen molar-refractivity contribution in [3.8, 4) is 17.0 Å². The molecule has 0 atom stereocenters. The molecule has 1 aromatic heterocycles. The van der Waals surface area contributed by atoms with E-state index in [4.69, 9.17) is 4.74 Å². The summed E-state index contributed by atoms with van der Waals surface area (Å²) in [4.78, 5) is 17.4.